The van der Waals surface area contributed by atoms with Crippen molar-refractivity contribution in [2.75, 3.05) is 0 Å². The molecule has 0 saturated heterocycles. The van der Waals surface area contributed by atoms with Gasteiger partial charge in [0.15, 0.2) is 8.68 Å². The van der Waals surface area contributed by atoms with Gasteiger partial charge in [-0.3, -0.25) is 0 Å². The van der Waals surface area contributed by atoms with E-state index in [9.17, 15) is 0 Å². The number of nitrogens with zero attached hydrogens (tertiary/aromatic N) is 3. The van der Waals surface area contributed by atoms with Crippen molar-refractivity contribution in [2.45, 2.75) is 47.8 Å². The average Bonchev–Trinajstić information content (AvgIpc) is 3.32. The highest BCUT2D eigenvalue weighted by molar-refractivity contribution is 8.13. The van der Waals surface area contributed by atoms with Crippen LogP contribution in [0.25, 0.3) is 20.4 Å². The summed E-state index contributed by atoms with van der Waals surface area (Å²) in [7, 11) is 0. The van der Waals surface area contributed by atoms with Gasteiger partial charge in [-0.05, 0) is 48.9 Å². The minimum Gasteiger partial charge on any atom is -0.228 e. The van der Waals surface area contributed by atoms with Crippen LogP contribution < -0.4 is 0 Å². The monoisotopic (exact) mass is 457 g/mol. The van der Waals surface area contributed by atoms with Crippen LogP contribution in [0.3, 0.4) is 0 Å². The summed E-state index contributed by atoms with van der Waals surface area (Å²) in [6.45, 7) is 4.79. The molecule has 1 fully saturated rings. The Bertz CT molecular complexity index is 979. The van der Waals surface area contributed by atoms with Crippen molar-refractivity contribution < 1.29 is 0 Å². The summed E-state index contributed by atoms with van der Waals surface area (Å²) >= 11 is 7.18. The van der Waals surface area contributed by atoms with Crippen LogP contribution >= 0.6 is 46.6 Å². The summed E-state index contributed by atoms with van der Waals surface area (Å²) in [5.74, 6) is 1.44. The fraction of sp³-hybridized carbons (Fsp3) is 0.364. The summed E-state index contributed by atoms with van der Waals surface area (Å²) in [6.07, 6.45) is 3.86. The highest BCUT2D eigenvalue weighted by atomic mass is 32.2. The second kappa shape index (κ2) is 8.55. The molecule has 0 aliphatic heterocycles. The maximum Gasteiger partial charge on any atom is 0.167 e. The minimum atomic E-state index is 0.521. The van der Waals surface area contributed by atoms with Crippen molar-refractivity contribution in [3.63, 3.8) is 0 Å². The number of thiazole rings is 2. The molecule has 1 aliphatic rings. The zero-order valence-corrected chi connectivity index (χ0v) is 19.7. The number of para-hydroxylation sites is 2. The molecule has 0 N–H and O–H groups in total. The van der Waals surface area contributed by atoms with Crippen molar-refractivity contribution in [1.82, 2.24) is 13.7 Å². The number of rotatable bonds is 5. The second-order valence-corrected chi connectivity index (χ2v) is 12.6. The fourth-order valence-electron chi connectivity index (χ4n) is 3.88. The number of fused-ring (bicyclic) bond motifs is 2. The van der Waals surface area contributed by atoms with E-state index in [1.165, 1.54) is 28.7 Å². The highest BCUT2D eigenvalue weighted by Crippen LogP contribution is 2.46. The first-order valence-corrected chi connectivity index (χ1v) is 13.2. The van der Waals surface area contributed by atoms with Crippen LogP contribution in [0.2, 0.25) is 0 Å². The zero-order chi connectivity index (χ0) is 19.8. The van der Waals surface area contributed by atoms with Crippen LogP contribution in [0, 0.1) is 11.8 Å². The Labute approximate surface area is 188 Å². The SMILES string of the molecule is CC1CCC(C)C(N(Sc2nc3ccccc3s2)Sc2nc3ccccc3s2)C1. The van der Waals surface area contributed by atoms with Crippen LogP contribution in [0.5, 0.6) is 0 Å². The molecular formula is C22H23N3S4. The lowest BCUT2D eigenvalue weighted by Gasteiger charge is -2.38. The lowest BCUT2D eigenvalue weighted by atomic mass is 9.80. The Kier molecular flexibility index (Phi) is 5.85. The molecule has 0 radical (unpaired) electrons. The molecule has 150 valence electrons. The summed E-state index contributed by atoms with van der Waals surface area (Å²) < 4.78 is 7.24. The van der Waals surface area contributed by atoms with E-state index in [1.54, 1.807) is 46.6 Å². The smallest absolute Gasteiger partial charge is 0.167 e. The van der Waals surface area contributed by atoms with Crippen LogP contribution in [0.4, 0.5) is 0 Å². The first-order chi connectivity index (χ1) is 14.2. The number of hydrogen-bond acceptors (Lipinski definition) is 7. The number of hydrogen-bond donors (Lipinski definition) is 0. The van der Waals surface area contributed by atoms with Crippen LogP contribution in [-0.2, 0) is 0 Å². The van der Waals surface area contributed by atoms with E-state index in [2.05, 4.69) is 66.1 Å². The predicted octanol–water partition coefficient (Wildman–Crippen LogP) is 7.75. The maximum atomic E-state index is 4.89. The van der Waals surface area contributed by atoms with E-state index in [4.69, 9.17) is 9.97 Å². The van der Waals surface area contributed by atoms with Gasteiger partial charge in [0.25, 0.3) is 0 Å². The molecule has 0 spiro atoms. The van der Waals surface area contributed by atoms with E-state index in [0.717, 1.165) is 25.6 Å². The van der Waals surface area contributed by atoms with Crippen LogP contribution in [-0.4, -0.2) is 19.7 Å². The standard InChI is InChI=1S/C22H23N3S4/c1-14-11-12-15(2)18(13-14)25(28-21-23-16-7-3-5-9-19(16)26-21)29-22-24-17-8-4-6-10-20(17)27-22/h3-10,14-15,18H,11-13H2,1-2H3. The minimum absolute atomic E-state index is 0.521. The third-order valence-corrected chi connectivity index (χ3v) is 10.0. The second-order valence-electron chi connectivity index (χ2n) is 7.83. The number of aromatic nitrogens is 2. The first kappa shape index (κ1) is 19.8. The van der Waals surface area contributed by atoms with Gasteiger partial charge in [-0.2, -0.15) is 3.71 Å². The quantitative estimate of drug-likeness (QED) is 0.286. The molecule has 1 aliphatic carbocycles. The Balaban J connectivity index is 1.45. The van der Waals surface area contributed by atoms with Crippen LogP contribution in [0.1, 0.15) is 33.1 Å². The van der Waals surface area contributed by atoms with E-state index >= 15 is 0 Å². The molecule has 2 aromatic heterocycles. The molecule has 3 unspecified atom stereocenters. The normalized spacial score (nSPS) is 22.7. The van der Waals surface area contributed by atoms with Crippen molar-refractivity contribution in [3.8, 4) is 0 Å². The molecule has 3 atom stereocenters. The largest absolute Gasteiger partial charge is 0.228 e. The molecule has 3 nitrogen and oxygen atoms in total. The number of benzene rings is 2. The predicted molar refractivity (Wildman–Crippen MR) is 129 cm³/mol. The van der Waals surface area contributed by atoms with Crippen LogP contribution in [0.15, 0.2) is 57.2 Å². The van der Waals surface area contributed by atoms with E-state index in [0.29, 0.717) is 12.0 Å². The van der Waals surface area contributed by atoms with Gasteiger partial charge < -0.3 is 0 Å². The van der Waals surface area contributed by atoms with Crippen molar-refractivity contribution in [2.24, 2.45) is 11.8 Å². The molecule has 0 bridgehead atoms. The Morgan fingerprint density at radius 1 is 0.828 bits per heavy atom. The van der Waals surface area contributed by atoms with Gasteiger partial charge in [-0.1, -0.05) is 44.5 Å². The molecule has 4 aromatic rings. The molecule has 1 saturated carbocycles. The Morgan fingerprint density at radius 2 is 1.38 bits per heavy atom. The third kappa shape index (κ3) is 4.35. The summed E-state index contributed by atoms with van der Waals surface area (Å²) in [5.41, 5.74) is 2.19. The molecule has 5 rings (SSSR count). The Hall–Kier alpha value is -1.12. The lowest BCUT2D eigenvalue weighted by molar-refractivity contribution is 0.217. The molecular weight excluding hydrogens is 435 g/mol. The third-order valence-electron chi connectivity index (χ3n) is 5.57. The zero-order valence-electron chi connectivity index (χ0n) is 16.4. The van der Waals surface area contributed by atoms with Gasteiger partial charge in [0.05, 0.1) is 20.4 Å². The maximum absolute atomic E-state index is 4.89. The lowest BCUT2D eigenvalue weighted by Crippen LogP contribution is -2.35. The van der Waals surface area contributed by atoms with Crippen molar-refractivity contribution >= 4 is 67.0 Å². The summed E-state index contributed by atoms with van der Waals surface area (Å²) in [5, 5.41) is 0. The average molecular weight is 458 g/mol. The first-order valence-electron chi connectivity index (χ1n) is 10.0. The molecule has 7 heteroatoms. The molecule has 2 aromatic carbocycles. The van der Waals surface area contributed by atoms with Crippen molar-refractivity contribution in [1.29, 1.82) is 0 Å². The fourth-order valence-corrected chi connectivity index (χ4v) is 8.90. The van der Waals surface area contributed by atoms with Gasteiger partial charge in [0.1, 0.15) is 0 Å². The summed E-state index contributed by atoms with van der Waals surface area (Å²) in [4.78, 5) is 9.77. The van der Waals surface area contributed by atoms with Crippen molar-refractivity contribution in [3.05, 3.63) is 48.5 Å². The molecule has 2 heterocycles. The van der Waals surface area contributed by atoms with E-state index in [1.807, 2.05) is 0 Å². The van der Waals surface area contributed by atoms with Gasteiger partial charge in [0, 0.05) is 29.9 Å². The van der Waals surface area contributed by atoms with Gasteiger partial charge in [-0.15, -0.1) is 22.7 Å². The topological polar surface area (TPSA) is 29.0 Å². The van der Waals surface area contributed by atoms with Gasteiger partial charge in [-0.25, -0.2) is 9.97 Å². The Morgan fingerprint density at radius 3 is 1.93 bits per heavy atom. The summed E-state index contributed by atoms with van der Waals surface area (Å²) in [6, 6.07) is 17.4. The highest BCUT2D eigenvalue weighted by Gasteiger charge is 2.33. The van der Waals surface area contributed by atoms with E-state index in [-0.39, 0.29) is 0 Å². The van der Waals surface area contributed by atoms with Gasteiger partial charge in [0.2, 0.25) is 0 Å². The van der Waals surface area contributed by atoms with Gasteiger partial charge >= 0.3 is 0 Å². The molecule has 0 amide bonds. The van der Waals surface area contributed by atoms with E-state index < -0.39 is 0 Å². The molecule has 29 heavy (non-hydrogen) atoms.